The van der Waals surface area contributed by atoms with E-state index in [0.29, 0.717) is 0 Å². The minimum absolute atomic E-state index is 1.09. The van der Waals surface area contributed by atoms with Crippen LogP contribution in [0.15, 0.2) is 43.0 Å². The third kappa shape index (κ3) is 1.56. The van der Waals surface area contributed by atoms with Crippen molar-refractivity contribution < 1.29 is 0 Å². The lowest BCUT2D eigenvalue weighted by Crippen LogP contribution is -1.81. The molecule has 0 heteroatoms. The molecule has 2 aromatic carbocycles. The molecule has 0 saturated carbocycles. The van der Waals surface area contributed by atoms with Gasteiger partial charge in [-0.2, -0.15) is 0 Å². The van der Waals surface area contributed by atoms with E-state index in [2.05, 4.69) is 49.9 Å². The minimum atomic E-state index is 1.09. The van der Waals surface area contributed by atoms with E-state index in [4.69, 9.17) is 0 Å². The van der Waals surface area contributed by atoms with E-state index in [1.165, 1.54) is 21.9 Å². The Morgan fingerprint density at radius 3 is 2.57 bits per heavy atom. The summed E-state index contributed by atoms with van der Waals surface area (Å²) in [6, 6.07) is 13.0. The van der Waals surface area contributed by atoms with Crippen molar-refractivity contribution in [2.45, 2.75) is 13.3 Å². The van der Waals surface area contributed by atoms with E-state index in [-0.39, 0.29) is 0 Å². The van der Waals surface area contributed by atoms with Gasteiger partial charge in [0.05, 0.1) is 0 Å². The largest absolute Gasteiger partial charge is 0.0985 e. The van der Waals surface area contributed by atoms with Gasteiger partial charge in [0.1, 0.15) is 0 Å². The van der Waals surface area contributed by atoms with Crippen LogP contribution in [0.3, 0.4) is 0 Å². The van der Waals surface area contributed by atoms with Crippen molar-refractivity contribution in [2.24, 2.45) is 0 Å². The highest BCUT2D eigenvalue weighted by Gasteiger charge is 1.95. The van der Waals surface area contributed by atoms with Crippen molar-refractivity contribution in [2.75, 3.05) is 0 Å². The fraction of sp³-hybridized carbons (Fsp3) is 0.143. The Labute approximate surface area is 84.9 Å². The molecule has 0 aliphatic heterocycles. The van der Waals surface area contributed by atoms with Crippen LogP contribution in [0.1, 0.15) is 18.1 Å². The van der Waals surface area contributed by atoms with Gasteiger partial charge < -0.3 is 0 Å². The molecule has 0 heterocycles. The number of benzene rings is 2. The normalized spacial score (nSPS) is 10.4. The van der Waals surface area contributed by atoms with E-state index in [0.717, 1.165) is 6.42 Å². The fourth-order valence-corrected chi connectivity index (χ4v) is 1.66. The van der Waals surface area contributed by atoms with E-state index in [1.54, 1.807) is 0 Å². The number of hydrogen-bond donors (Lipinski definition) is 0. The van der Waals surface area contributed by atoms with Gasteiger partial charge in [-0.25, -0.2) is 0 Å². The Balaban J connectivity index is 2.65. The van der Waals surface area contributed by atoms with E-state index < -0.39 is 0 Å². The lowest BCUT2D eigenvalue weighted by Gasteiger charge is -2.02. The van der Waals surface area contributed by atoms with E-state index >= 15 is 0 Å². The van der Waals surface area contributed by atoms with Crippen molar-refractivity contribution in [3.05, 3.63) is 54.1 Å². The van der Waals surface area contributed by atoms with E-state index in [9.17, 15) is 0 Å². The monoisotopic (exact) mass is 182 g/mol. The molecular weight excluding hydrogens is 168 g/mol. The molecule has 0 aliphatic rings. The molecule has 0 spiro atoms. The van der Waals surface area contributed by atoms with Crippen LogP contribution < -0.4 is 0 Å². The van der Waals surface area contributed by atoms with Gasteiger partial charge in [0.15, 0.2) is 0 Å². The number of fused-ring (bicyclic) bond motifs is 1. The van der Waals surface area contributed by atoms with Crippen LogP contribution >= 0.6 is 0 Å². The average molecular weight is 182 g/mol. The third-order valence-corrected chi connectivity index (χ3v) is 2.57. The van der Waals surface area contributed by atoms with Crippen LogP contribution in [-0.4, -0.2) is 0 Å². The molecule has 0 aliphatic carbocycles. The first-order valence-electron chi connectivity index (χ1n) is 4.98. The SMILES string of the molecule is C=Cc1ccc2ccc(CC)cc2c1. The number of hydrogen-bond acceptors (Lipinski definition) is 0. The van der Waals surface area contributed by atoms with Crippen molar-refractivity contribution in [1.82, 2.24) is 0 Å². The van der Waals surface area contributed by atoms with Gasteiger partial charge in [-0.3, -0.25) is 0 Å². The average Bonchev–Trinajstić information content (AvgIpc) is 2.27. The van der Waals surface area contributed by atoms with Crippen molar-refractivity contribution in [1.29, 1.82) is 0 Å². The Hall–Kier alpha value is -1.56. The van der Waals surface area contributed by atoms with Gasteiger partial charge in [-0.15, -0.1) is 0 Å². The zero-order valence-electron chi connectivity index (χ0n) is 8.46. The van der Waals surface area contributed by atoms with Crippen LogP contribution in [-0.2, 0) is 6.42 Å². The molecule has 2 rings (SSSR count). The van der Waals surface area contributed by atoms with Gasteiger partial charge in [-0.05, 0) is 34.4 Å². The highest BCUT2D eigenvalue weighted by molar-refractivity contribution is 5.85. The summed E-state index contributed by atoms with van der Waals surface area (Å²) in [5.74, 6) is 0. The summed E-state index contributed by atoms with van der Waals surface area (Å²) < 4.78 is 0. The molecule has 0 unspecified atom stereocenters. The summed E-state index contributed by atoms with van der Waals surface area (Å²) >= 11 is 0. The quantitative estimate of drug-likeness (QED) is 0.657. The third-order valence-electron chi connectivity index (χ3n) is 2.57. The zero-order valence-corrected chi connectivity index (χ0v) is 8.46. The van der Waals surface area contributed by atoms with Crippen molar-refractivity contribution in [3.63, 3.8) is 0 Å². The van der Waals surface area contributed by atoms with Gasteiger partial charge in [0.2, 0.25) is 0 Å². The molecule has 0 nitrogen and oxygen atoms in total. The van der Waals surface area contributed by atoms with Crippen molar-refractivity contribution in [3.8, 4) is 0 Å². The van der Waals surface area contributed by atoms with Gasteiger partial charge in [0.25, 0.3) is 0 Å². The molecule has 0 amide bonds. The second-order valence-electron chi connectivity index (χ2n) is 3.50. The predicted octanol–water partition coefficient (Wildman–Crippen LogP) is 4.05. The predicted molar refractivity (Wildman–Crippen MR) is 63.4 cm³/mol. The first-order valence-corrected chi connectivity index (χ1v) is 4.98. The van der Waals surface area contributed by atoms with Crippen LogP contribution in [0.4, 0.5) is 0 Å². The summed E-state index contributed by atoms with van der Waals surface area (Å²) in [6.07, 6.45) is 2.98. The maximum absolute atomic E-state index is 3.78. The standard InChI is InChI=1S/C14H14/c1-3-11-5-7-13-8-6-12(4-2)10-14(13)9-11/h3,5-10H,1,4H2,2H3. The Bertz CT molecular complexity index is 466. The topological polar surface area (TPSA) is 0 Å². The van der Waals surface area contributed by atoms with E-state index in [1.807, 2.05) is 6.08 Å². The van der Waals surface area contributed by atoms with Gasteiger partial charge in [-0.1, -0.05) is 49.9 Å². The first kappa shape index (κ1) is 9.01. The smallest absolute Gasteiger partial charge is 0.0175 e. The van der Waals surface area contributed by atoms with Crippen LogP contribution in [0.25, 0.3) is 16.8 Å². The van der Waals surface area contributed by atoms with Crippen LogP contribution in [0, 0.1) is 0 Å². The lowest BCUT2D eigenvalue weighted by atomic mass is 10.0. The summed E-state index contributed by atoms with van der Waals surface area (Å²) in [6.45, 7) is 5.96. The highest BCUT2D eigenvalue weighted by atomic mass is 14.0. The van der Waals surface area contributed by atoms with Crippen molar-refractivity contribution >= 4 is 16.8 Å². The molecular formula is C14H14. The van der Waals surface area contributed by atoms with Crippen LogP contribution in [0.5, 0.6) is 0 Å². The summed E-state index contributed by atoms with van der Waals surface area (Å²) in [5, 5.41) is 2.61. The highest BCUT2D eigenvalue weighted by Crippen LogP contribution is 2.18. The number of aryl methyl sites for hydroxylation is 1. The molecule has 2 aromatic rings. The summed E-state index contributed by atoms with van der Waals surface area (Å²) in [5.41, 5.74) is 2.57. The van der Waals surface area contributed by atoms with Gasteiger partial charge in [0, 0.05) is 0 Å². The molecule has 0 fully saturated rings. The molecule has 0 atom stereocenters. The summed E-state index contributed by atoms with van der Waals surface area (Å²) in [4.78, 5) is 0. The molecule has 0 N–H and O–H groups in total. The Morgan fingerprint density at radius 2 is 1.86 bits per heavy atom. The molecule has 0 saturated heterocycles. The molecule has 0 radical (unpaired) electrons. The molecule has 0 bridgehead atoms. The first-order chi connectivity index (χ1) is 6.83. The molecule has 14 heavy (non-hydrogen) atoms. The summed E-state index contributed by atoms with van der Waals surface area (Å²) in [7, 11) is 0. The Morgan fingerprint density at radius 1 is 1.07 bits per heavy atom. The Kier molecular flexibility index (Phi) is 2.36. The number of rotatable bonds is 2. The lowest BCUT2D eigenvalue weighted by molar-refractivity contribution is 1.15. The minimum Gasteiger partial charge on any atom is -0.0985 e. The fourth-order valence-electron chi connectivity index (χ4n) is 1.66. The second kappa shape index (κ2) is 3.67. The zero-order chi connectivity index (χ0) is 9.97. The van der Waals surface area contributed by atoms with Gasteiger partial charge >= 0.3 is 0 Å². The maximum atomic E-state index is 3.78. The molecule has 70 valence electrons. The van der Waals surface area contributed by atoms with Crippen LogP contribution in [0.2, 0.25) is 0 Å². The second-order valence-corrected chi connectivity index (χ2v) is 3.50. The maximum Gasteiger partial charge on any atom is -0.0175 e. The molecule has 0 aromatic heterocycles.